The molecule has 0 aromatic heterocycles. The molecule has 0 radical (unpaired) electrons. The molecule has 0 heterocycles. The van der Waals surface area contributed by atoms with Crippen molar-refractivity contribution in [3.05, 3.63) is 35.4 Å². The highest BCUT2D eigenvalue weighted by atomic mass is 16.4. The number of allylic oxidation sites excluding steroid dienone is 2. The van der Waals surface area contributed by atoms with Crippen molar-refractivity contribution in [3.8, 4) is 5.75 Å². The van der Waals surface area contributed by atoms with Crippen LogP contribution in [0.25, 0.3) is 5.57 Å². The molecule has 1 aromatic rings. The van der Waals surface area contributed by atoms with E-state index in [0.717, 1.165) is 18.4 Å². The van der Waals surface area contributed by atoms with Gasteiger partial charge in [0.1, 0.15) is 5.75 Å². The van der Waals surface area contributed by atoms with E-state index in [-0.39, 0.29) is 17.6 Å². The number of phenols is 1. The molecule has 0 unspecified atom stereocenters. The molecule has 1 aromatic carbocycles. The fourth-order valence-electron chi connectivity index (χ4n) is 3.09. The number of aromatic hydroxyl groups is 1. The summed E-state index contributed by atoms with van der Waals surface area (Å²) >= 11 is 0. The summed E-state index contributed by atoms with van der Waals surface area (Å²) in [7, 11) is 0. The van der Waals surface area contributed by atoms with Crippen LogP contribution in [-0.4, -0.2) is 16.2 Å². The molecule has 0 spiro atoms. The summed E-state index contributed by atoms with van der Waals surface area (Å²) in [5.41, 5.74) is 3.60. The fourth-order valence-corrected chi connectivity index (χ4v) is 3.09. The number of carbonyl (C=O) groups is 1. The molecule has 0 fully saturated rings. The van der Waals surface area contributed by atoms with Gasteiger partial charge in [0, 0.05) is 0 Å². The van der Waals surface area contributed by atoms with Gasteiger partial charge in [0.25, 0.3) is 0 Å². The van der Waals surface area contributed by atoms with Crippen molar-refractivity contribution >= 4 is 11.5 Å². The van der Waals surface area contributed by atoms with Crippen molar-refractivity contribution < 1.29 is 15.0 Å². The van der Waals surface area contributed by atoms with E-state index in [1.54, 1.807) is 12.1 Å². The van der Waals surface area contributed by atoms with Gasteiger partial charge in [0.05, 0.1) is 5.92 Å². The predicted molar refractivity (Wildman–Crippen MR) is 74.8 cm³/mol. The third-order valence-electron chi connectivity index (χ3n) is 4.16. The van der Waals surface area contributed by atoms with Gasteiger partial charge in [-0.15, -0.1) is 0 Å². The number of benzene rings is 1. The summed E-state index contributed by atoms with van der Waals surface area (Å²) in [6, 6.07) is 7.19. The van der Waals surface area contributed by atoms with Gasteiger partial charge < -0.3 is 10.2 Å². The van der Waals surface area contributed by atoms with Crippen LogP contribution in [0.5, 0.6) is 5.75 Å². The molecule has 0 bridgehead atoms. The Labute approximate surface area is 113 Å². The third-order valence-corrected chi connectivity index (χ3v) is 4.16. The zero-order valence-electron chi connectivity index (χ0n) is 11.4. The molecule has 0 amide bonds. The van der Waals surface area contributed by atoms with Gasteiger partial charge in [-0.1, -0.05) is 31.6 Å². The van der Waals surface area contributed by atoms with Crippen LogP contribution in [0, 0.1) is 11.8 Å². The van der Waals surface area contributed by atoms with Crippen molar-refractivity contribution in [2.75, 3.05) is 0 Å². The summed E-state index contributed by atoms with van der Waals surface area (Å²) in [5, 5.41) is 18.6. The van der Waals surface area contributed by atoms with Crippen LogP contribution in [0.2, 0.25) is 0 Å². The van der Waals surface area contributed by atoms with Gasteiger partial charge in [-0.05, 0) is 48.4 Å². The number of carboxylic acids is 1. The first-order valence-corrected chi connectivity index (χ1v) is 6.78. The van der Waals surface area contributed by atoms with E-state index in [1.165, 1.54) is 11.1 Å². The maximum Gasteiger partial charge on any atom is 0.307 e. The summed E-state index contributed by atoms with van der Waals surface area (Å²) in [6.45, 7) is 4.09. The Morgan fingerprint density at radius 1 is 1.32 bits per heavy atom. The van der Waals surface area contributed by atoms with Crippen molar-refractivity contribution in [1.29, 1.82) is 0 Å². The van der Waals surface area contributed by atoms with Crippen molar-refractivity contribution in [1.82, 2.24) is 0 Å². The highest BCUT2D eigenvalue weighted by Crippen LogP contribution is 2.41. The smallest absolute Gasteiger partial charge is 0.307 e. The lowest BCUT2D eigenvalue weighted by molar-refractivity contribution is -0.143. The number of hydrogen-bond donors (Lipinski definition) is 2. The molecule has 102 valence electrons. The van der Waals surface area contributed by atoms with Crippen LogP contribution in [0.4, 0.5) is 0 Å². The Hall–Kier alpha value is -1.77. The zero-order chi connectivity index (χ0) is 14.0. The first-order valence-electron chi connectivity index (χ1n) is 6.78. The summed E-state index contributed by atoms with van der Waals surface area (Å²) in [5.74, 6) is -0.617. The topological polar surface area (TPSA) is 57.5 Å². The Kier molecular flexibility index (Phi) is 3.93. The number of phenolic OH excluding ortho intramolecular Hbond substituents is 1. The molecule has 3 heteroatoms. The number of aliphatic carboxylic acids is 1. The number of rotatable bonds is 3. The minimum absolute atomic E-state index is 0.0834. The average molecular weight is 260 g/mol. The maximum absolute atomic E-state index is 11.3. The van der Waals surface area contributed by atoms with Gasteiger partial charge in [0.2, 0.25) is 0 Å². The van der Waals surface area contributed by atoms with E-state index in [1.807, 2.05) is 19.1 Å². The highest BCUT2D eigenvalue weighted by molar-refractivity contribution is 5.76. The van der Waals surface area contributed by atoms with Gasteiger partial charge in [-0.25, -0.2) is 0 Å². The Balaban J connectivity index is 2.40. The molecule has 2 atom stereocenters. The van der Waals surface area contributed by atoms with Crippen LogP contribution in [0.15, 0.2) is 29.8 Å². The first kappa shape index (κ1) is 13.7. The quantitative estimate of drug-likeness (QED) is 0.871. The highest BCUT2D eigenvalue weighted by Gasteiger charge is 2.32. The lowest BCUT2D eigenvalue weighted by Crippen LogP contribution is -2.27. The van der Waals surface area contributed by atoms with Crippen LogP contribution in [-0.2, 0) is 4.79 Å². The molecular formula is C16H20O3. The number of hydrogen-bond acceptors (Lipinski definition) is 2. The molecule has 0 saturated heterocycles. The zero-order valence-corrected chi connectivity index (χ0v) is 11.4. The van der Waals surface area contributed by atoms with E-state index in [4.69, 9.17) is 0 Å². The second kappa shape index (κ2) is 5.47. The molecular weight excluding hydrogens is 240 g/mol. The molecule has 0 aliphatic heterocycles. The Morgan fingerprint density at radius 2 is 1.95 bits per heavy atom. The molecule has 2 N–H and O–H groups in total. The van der Waals surface area contributed by atoms with E-state index >= 15 is 0 Å². The largest absolute Gasteiger partial charge is 0.508 e. The van der Waals surface area contributed by atoms with Gasteiger partial charge in [-0.2, -0.15) is 0 Å². The predicted octanol–water partition coefficient (Wildman–Crippen LogP) is 3.69. The van der Waals surface area contributed by atoms with Crippen molar-refractivity contribution in [2.45, 2.75) is 33.1 Å². The molecule has 2 rings (SSSR count). The second-order valence-corrected chi connectivity index (χ2v) is 5.18. The van der Waals surface area contributed by atoms with Crippen LogP contribution < -0.4 is 0 Å². The summed E-state index contributed by atoms with van der Waals surface area (Å²) in [6.07, 6.45) is 2.37. The maximum atomic E-state index is 11.3. The average Bonchev–Trinajstić information content (AvgIpc) is 2.38. The van der Waals surface area contributed by atoms with Crippen molar-refractivity contribution in [2.24, 2.45) is 11.8 Å². The first-order chi connectivity index (χ1) is 9.04. The van der Waals surface area contributed by atoms with Gasteiger partial charge >= 0.3 is 5.97 Å². The molecule has 1 aliphatic rings. The van der Waals surface area contributed by atoms with Gasteiger partial charge in [-0.3, -0.25) is 4.79 Å². The minimum Gasteiger partial charge on any atom is -0.508 e. The number of carboxylic acid groups (broad SMARTS) is 1. The second-order valence-electron chi connectivity index (χ2n) is 5.18. The lowest BCUT2D eigenvalue weighted by Gasteiger charge is -2.31. The third kappa shape index (κ3) is 2.65. The van der Waals surface area contributed by atoms with E-state index in [2.05, 4.69) is 6.92 Å². The van der Waals surface area contributed by atoms with Gasteiger partial charge in [0.15, 0.2) is 0 Å². The lowest BCUT2D eigenvalue weighted by atomic mass is 9.73. The molecule has 19 heavy (non-hydrogen) atoms. The standard InChI is InChI=1S/C16H20O3/c1-3-13-10(2)14(16(18)19)8-9-15(13)11-4-6-12(17)7-5-11/h4-7,10,14,17H,3,8-9H2,1-2H3,(H,18,19)/t10-,14+/m1/s1. The summed E-state index contributed by atoms with van der Waals surface area (Å²) < 4.78 is 0. The van der Waals surface area contributed by atoms with Crippen LogP contribution in [0.3, 0.4) is 0 Å². The van der Waals surface area contributed by atoms with E-state index < -0.39 is 5.97 Å². The molecule has 0 saturated carbocycles. The SMILES string of the molecule is CCC1=C(c2ccc(O)cc2)CC[C@H](C(=O)O)[C@@H]1C. The Morgan fingerprint density at radius 3 is 2.47 bits per heavy atom. The summed E-state index contributed by atoms with van der Waals surface area (Å²) in [4.78, 5) is 11.3. The monoisotopic (exact) mass is 260 g/mol. The van der Waals surface area contributed by atoms with E-state index in [0.29, 0.717) is 6.42 Å². The minimum atomic E-state index is -0.691. The molecule has 3 nitrogen and oxygen atoms in total. The fraction of sp³-hybridized carbons (Fsp3) is 0.438. The Bertz CT molecular complexity index is 499. The van der Waals surface area contributed by atoms with Crippen LogP contribution >= 0.6 is 0 Å². The normalized spacial score (nSPS) is 23.5. The molecule has 1 aliphatic carbocycles. The van der Waals surface area contributed by atoms with Crippen molar-refractivity contribution in [3.63, 3.8) is 0 Å². The van der Waals surface area contributed by atoms with Crippen LogP contribution in [0.1, 0.15) is 38.7 Å². The van der Waals surface area contributed by atoms with E-state index in [9.17, 15) is 15.0 Å².